The minimum absolute atomic E-state index is 0.318. The highest BCUT2D eigenvalue weighted by Gasteiger charge is 2.11. The number of aromatic amines is 1. The van der Waals surface area contributed by atoms with Crippen LogP contribution in [0.15, 0.2) is 22.7 Å². The molecule has 4 N–H and O–H groups in total. The van der Waals surface area contributed by atoms with Gasteiger partial charge in [0.2, 0.25) is 5.95 Å². The van der Waals surface area contributed by atoms with Gasteiger partial charge in [-0.05, 0) is 37.9 Å². The molecule has 0 aliphatic carbocycles. The Kier molecular flexibility index (Phi) is 9.26. The molecule has 34 heavy (non-hydrogen) atoms. The molecule has 3 aromatic heterocycles. The number of hydrogen-bond donors (Lipinski definition) is 4. The van der Waals surface area contributed by atoms with E-state index in [1.165, 1.54) is 0 Å². The molecule has 0 aliphatic heterocycles. The van der Waals surface area contributed by atoms with Crippen LogP contribution in [0.3, 0.4) is 0 Å². The van der Waals surface area contributed by atoms with Crippen LogP contribution in [0.2, 0.25) is 0 Å². The van der Waals surface area contributed by atoms with Gasteiger partial charge in [-0.25, -0.2) is 0 Å². The lowest BCUT2D eigenvalue weighted by Gasteiger charge is -2.18. The summed E-state index contributed by atoms with van der Waals surface area (Å²) < 4.78 is 5.43. The van der Waals surface area contributed by atoms with Crippen molar-refractivity contribution in [1.82, 2.24) is 30.2 Å². The highest BCUT2D eigenvalue weighted by atomic mass is 16.5. The number of anilines is 4. The van der Waals surface area contributed by atoms with Crippen LogP contribution in [0.4, 0.5) is 23.4 Å². The first-order valence-corrected chi connectivity index (χ1v) is 12.2. The van der Waals surface area contributed by atoms with Gasteiger partial charge in [0.05, 0.1) is 12.2 Å². The van der Waals surface area contributed by atoms with Gasteiger partial charge >= 0.3 is 0 Å². The normalized spacial score (nSPS) is 11.6. The largest absolute Gasteiger partial charge is 0.370 e. The second-order valence-corrected chi connectivity index (χ2v) is 8.98. The summed E-state index contributed by atoms with van der Waals surface area (Å²) in [6, 6.07) is 5.86. The van der Waals surface area contributed by atoms with E-state index in [0.717, 1.165) is 61.4 Å². The third kappa shape index (κ3) is 7.44. The summed E-state index contributed by atoms with van der Waals surface area (Å²) in [7, 11) is 0. The van der Waals surface area contributed by atoms with Crippen molar-refractivity contribution in [1.29, 1.82) is 0 Å². The molecule has 0 spiro atoms. The van der Waals surface area contributed by atoms with Crippen LogP contribution in [0.1, 0.15) is 76.9 Å². The van der Waals surface area contributed by atoms with Crippen LogP contribution in [-0.2, 0) is 6.54 Å². The maximum absolute atomic E-state index is 5.43. The first kappa shape index (κ1) is 25.5. The highest BCUT2D eigenvalue weighted by molar-refractivity contribution is 5.59. The van der Waals surface area contributed by atoms with Crippen molar-refractivity contribution >= 4 is 23.4 Å². The lowest BCUT2D eigenvalue weighted by atomic mass is 10.1. The Balaban J connectivity index is 1.70. The molecule has 0 unspecified atom stereocenters. The quantitative estimate of drug-likeness (QED) is 0.243. The molecule has 0 saturated heterocycles. The topological polar surface area (TPSA) is 120 Å². The van der Waals surface area contributed by atoms with Crippen LogP contribution >= 0.6 is 0 Å². The number of rotatable bonds is 14. The Bertz CT molecular complexity index is 1010. The van der Waals surface area contributed by atoms with Crippen molar-refractivity contribution in [3.8, 4) is 0 Å². The second-order valence-electron chi connectivity index (χ2n) is 8.98. The van der Waals surface area contributed by atoms with Crippen LogP contribution in [0.25, 0.3) is 0 Å². The number of nitrogens with zero attached hydrogens (tertiary/aromatic N) is 5. The summed E-state index contributed by atoms with van der Waals surface area (Å²) in [4.78, 5) is 11.7. The average Bonchev–Trinajstić information content (AvgIpc) is 3.48. The number of aromatic nitrogens is 5. The average molecular weight is 470 g/mol. The summed E-state index contributed by atoms with van der Waals surface area (Å²) in [6.07, 6.45) is 1.03. The standard InChI is InChI=1S/C24H39N9O/c1-7-33(8-2)11-9-10-25-21-14-22(27-23-13-19(16(3)4)30-31-23)29-24(28-21)26-15-18-12-20(17(5)6)32-34-18/h12-14,16-17H,7-11,15H2,1-6H3,(H4,25,26,27,28,29,30,31). The van der Waals surface area contributed by atoms with Gasteiger partial charge in [-0.1, -0.05) is 46.7 Å². The Morgan fingerprint density at radius 1 is 0.941 bits per heavy atom. The molecule has 0 amide bonds. The molecule has 10 heteroatoms. The molecule has 3 aromatic rings. The van der Waals surface area contributed by atoms with E-state index >= 15 is 0 Å². The first-order chi connectivity index (χ1) is 16.4. The third-order valence-electron chi connectivity index (χ3n) is 5.64. The minimum atomic E-state index is 0.318. The molecule has 3 heterocycles. The summed E-state index contributed by atoms with van der Waals surface area (Å²) in [6.45, 7) is 17.3. The summed E-state index contributed by atoms with van der Waals surface area (Å²) in [5, 5.41) is 21.5. The fourth-order valence-electron chi connectivity index (χ4n) is 3.42. The van der Waals surface area contributed by atoms with Gasteiger partial charge in [0, 0.05) is 30.4 Å². The van der Waals surface area contributed by atoms with Crippen molar-refractivity contribution in [2.24, 2.45) is 0 Å². The van der Waals surface area contributed by atoms with Gasteiger partial charge in [-0.15, -0.1) is 0 Å². The van der Waals surface area contributed by atoms with Crippen molar-refractivity contribution in [2.45, 2.75) is 66.3 Å². The predicted molar refractivity (Wildman–Crippen MR) is 137 cm³/mol. The molecular weight excluding hydrogens is 430 g/mol. The molecule has 10 nitrogen and oxygen atoms in total. The van der Waals surface area contributed by atoms with E-state index in [9.17, 15) is 0 Å². The molecule has 0 aromatic carbocycles. The van der Waals surface area contributed by atoms with Gasteiger partial charge in [0.25, 0.3) is 0 Å². The highest BCUT2D eigenvalue weighted by Crippen LogP contribution is 2.21. The van der Waals surface area contributed by atoms with Crippen LogP contribution < -0.4 is 16.0 Å². The van der Waals surface area contributed by atoms with Crippen LogP contribution in [0, 0.1) is 0 Å². The first-order valence-electron chi connectivity index (χ1n) is 12.2. The van der Waals surface area contributed by atoms with Crippen LogP contribution in [0.5, 0.6) is 0 Å². The Morgan fingerprint density at radius 3 is 2.35 bits per heavy atom. The molecule has 0 bridgehead atoms. The fourth-order valence-corrected chi connectivity index (χ4v) is 3.42. The van der Waals surface area contributed by atoms with Crippen LogP contribution in [-0.4, -0.2) is 56.4 Å². The maximum Gasteiger partial charge on any atom is 0.227 e. The lowest BCUT2D eigenvalue weighted by Crippen LogP contribution is -2.25. The zero-order chi connectivity index (χ0) is 24.5. The molecule has 0 radical (unpaired) electrons. The zero-order valence-electron chi connectivity index (χ0n) is 21.3. The number of H-pyrrole nitrogens is 1. The molecule has 186 valence electrons. The van der Waals surface area contributed by atoms with Crippen molar-refractivity contribution < 1.29 is 4.52 Å². The van der Waals surface area contributed by atoms with E-state index in [0.29, 0.717) is 30.1 Å². The van der Waals surface area contributed by atoms with Gasteiger partial charge in [0.1, 0.15) is 11.6 Å². The summed E-state index contributed by atoms with van der Waals surface area (Å²) in [5.74, 6) is 4.05. The van der Waals surface area contributed by atoms with Crippen molar-refractivity contribution in [3.05, 3.63) is 35.3 Å². The van der Waals surface area contributed by atoms with Gasteiger partial charge in [-0.2, -0.15) is 15.1 Å². The fraction of sp³-hybridized carbons (Fsp3) is 0.583. The monoisotopic (exact) mass is 469 g/mol. The Labute approximate surface area is 202 Å². The SMILES string of the molecule is CCN(CC)CCCNc1cc(Nc2cc(C(C)C)[nH]n2)nc(NCc2cc(C(C)C)no2)n1. The summed E-state index contributed by atoms with van der Waals surface area (Å²) >= 11 is 0. The molecule has 0 aliphatic rings. The Morgan fingerprint density at radius 2 is 1.71 bits per heavy atom. The van der Waals surface area contributed by atoms with E-state index < -0.39 is 0 Å². The van der Waals surface area contributed by atoms with E-state index in [4.69, 9.17) is 4.52 Å². The number of nitrogens with one attached hydrogen (secondary N) is 4. The Hall–Kier alpha value is -3.14. The predicted octanol–water partition coefficient (Wildman–Crippen LogP) is 4.93. The number of hydrogen-bond acceptors (Lipinski definition) is 9. The smallest absolute Gasteiger partial charge is 0.227 e. The molecular formula is C24H39N9O. The molecule has 0 fully saturated rings. The van der Waals surface area contributed by atoms with Gasteiger partial charge in [-0.3, -0.25) is 5.10 Å². The summed E-state index contributed by atoms with van der Waals surface area (Å²) in [5.41, 5.74) is 2.00. The maximum atomic E-state index is 5.43. The second kappa shape index (κ2) is 12.4. The van der Waals surface area contributed by atoms with Gasteiger partial charge in [0.15, 0.2) is 11.6 Å². The third-order valence-corrected chi connectivity index (χ3v) is 5.64. The van der Waals surface area contributed by atoms with E-state index in [1.54, 1.807) is 0 Å². The van der Waals surface area contributed by atoms with Crippen molar-refractivity contribution in [2.75, 3.05) is 42.1 Å². The molecule has 0 atom stereocenters. The molecule has 3 rings (SSSR count). The van der Waals surface area contributed by atoms with E-state index in [1.807, 2.05) is 18.2 Å². The van der Waals surface area contributed by atoms with Gasteiger partial charge < -0.3 is 25.4 Å². The van der Waals surface area contributed by atoms with E-state index in [-0.39, 0.29) is 0 Å². The van der Waals surface area contributed by atoms with E-state index in [2.05, 4.69) is 87.7 Å². The van der Waals surface area contributed by atoms with Crippen molar-refractivity contribution in [3.63, 3.8) is 0 Å². The molecule has 0 saturated carbocycles. The lowest BCUT2D eigenvalue weighted by molar-refractivity contribution is 0.303. The zero-order valence-corrected chi connectivity index (χ0v) is 21.3. The minimum Gasteiger partial charge on any atom is -0.370 e.